The fourth-order valence-corrected chi connectivity index (χ4v) is 4.64. The summed E-state index contributed by atoms with van der Waals surface area (Å²) in [7, 11) is 1.35. The highest BCUT2D eigenvalue weighted by atomic mass is 16.6. The van der Waals surface area contributed by atoms with Crippen molar-refractivity contribution < 1.29 is 23.9 Å². The monoisotopic (exact) mass is 468 g/mol. The van der Waals surface area contributed by atoms with Gasteiger partial charge < -0.3 is 14.3 Å². The van der Waals surface area contributed by atoms with Crippen molar-refractivity contribution >= 4 is 29.4 Å². The lowest BCUT2D eigenvalue weighted by molar-refractivity contribution is -0.112. The molecule has 1 atom stereocenters. The fraction of sp³-hybridized carbons (Fsp3) is 0.179. The van der Waals surface area contributed by atoms with Crippen molar-refractivity contribution in [3.63, 3.8) is 0 Å². The molecule has 0 bridgehead atoms. The highest BCUT2D eigenvalue weighted by molar-refractivity contribution is 6.00. The highest BCUT2D eigenvalue weighted by Crippen LogP contribution is 2.36. The molecule has 0 fully saturated rings. The molecule has 0 saturated carbocycles. The van der Waals surface area contributed by atoms with Crippen LogP contribution in [0.1, 0.15) is 22.7 Å². The first kappa shape index (κ1) is 22.4. The van der Waals surface area contributed by atoms with Gasteiger partial charge in [-0.1, -0.05) is 66.7 Å². The van der Waals surface area contributed by atoms with Crippen LogP contribution in [0.4, 0.5) is 9.59 Å². The minimum Gasteiger partial charge on any atom is -0.452 e. The van der Waals surface area contributed by atoms with Gasteiger partial charge >= 0.3 is 12.2 Å². The van der Waals surface area contributed by atoms with Crippen LogP contribution in [0.15, 0.2) is 79.0 Å². The molecule has 7 heteroatoms. The van der Waals surface area contributed by atoms with Crippen molar-refractivity contribution in [2.75, 3.05) is 13.7 Å². The Hall–Kier alpha value is -4.39. The van der Waals surface area contributed by atoms with Crippen LogP contribution in [-0.2, 0) is 27.3 Å². The second-order valence-corrected chi connectivity index (χ2v) is 8.38. The largest absolute Gasteiger partial charge is 0.452 e. The van der Waals surface area contributed by atoms with Crippen LogP contribution in [0.2, 0.25) is 0 Å². The molecule has 4 aromatic rings. The summed E-state index contributed by atoms with van der Waals surface area (Å²) in [6.07, 6.45) is 2.16. The summed E-state index contributed by atoms with van der Waals surface area (Å²) in [5.41, 5.74) is 5.22. The van der Waals surface area contributed by atoms with Crippen LogP contribution in [0.25, 0.3) is 22.0 Å². The summed E-state index contributed by atoms with van der Waals surface area (Å²) in [5, 5.41) is 0.923. The molecule has 0 N–H and O–H groups in total. The second-order valence-electron chi connectivity index (χ2n) is 8.38. The van der Waals surface area contributed by atoms with E-state index in [0.29, 0.717) is 13.0 Å². The van der Waals surface area contributed by atoms with E-state index in [9.17, 15) is 14.4 Å². The maximum Gasteiger partial charge on any atom is 0.418 e. The van der Waals surface area contributed by atoms with E-state index in [0.717, 1.165) is 45.0 Å². The van der Waals surface area contributed by atoms with Crippen LogP contribution in [0.3, 0.4) is 0 Å². The molecule has 1 aromatic heterocycles. The second kappa shape index (κ2) is 9.46. The Bertz CT molecular complexity index is 1410. The Balaban J connectivity index is 1.43. The van der Waals surface area contributed by atoms with Gasteiger partial charge in [-0.3, -0.25) is 9.47 Å². The third-order valence-corrected chi connectivity index (χ3v) is 6.38. The molecule has 1 aliphatic rings. The molecule has 0 saturated heterocycles. The number of carbonyl (C=O) groups excluding carboxylic acids is 3. The zero-order valence-electron chi connectivity index (χ0n) is 19.2. The van der Waals surface area contributed by atoms with Gasteiger partial charge in [0.25, 0.3) is 0 Å². The van der Waals surface area contributed by atoms with Gasteiger partial charge in [0.15, 0.2) is 0 Å². The lowest BCUT2D eigenvalue weighted by Gasteiger charge is -2.33. The Morgan fingerprint density at radius 3 is 2.54 bits per heavy atom. The molecule has 0 aliphatic carbocycles. The number of benzene rings is 3. The average Bonchev–Trinajstić information content (AvgIpc) is 3.30. The lowest BCUT2D eigenvalue weighted by Crippen LogP contribution is -2.41. The lowest BCUT2D eigenvalue weighted by atomic mass is 9.90. The SMILES string of the molecule is COC(=O)n1cc(-c2ccc3c(c2)CCN(C(=O)OCc2ccccc2)C3C=O)c2ccccc21. The molecule has 0 spiro atoms. The number of amides is 1. The van der Waals surface area contributed by atoms with E-state index < -0.39 is 18.2 Å². The van der Waals surface area contributed by atoms with Crippen molar-refractivity contribution in [3.05, 3.63) is 95.7 Å². The van der Waals surface area contributed by atoms with Crippen molar-refractivity contribution in [3.8, 4) is 11.1 Å². The van der Waals surface area contributed by atoms with Gasteiger partial charge in [0.05, 0.1) is 12.6 Å². The Kier molecular flexibility index (Phi) is 6.06. The summed E-state index contributed by atoms with van der Waals surface area (Å²) in [5.74, 6) is 0. The molecule has 35 heavy (non-hydrogen) atoms. The van der Waals surface area contributed by atoms with Crippen molar-refractivity contribution in [2.24, 2.45) is 0 Å². The standard InChI is InChI=1S/C28H24N2O5/c1-34-27(32)30-16-24(23-9-5-6-10-25(23)30)20-11-12-22-21(15-20)13-14-29(26(22)17-31)28(33)35-18-19-7-3-2-4-8-19/h2-12,15-17,26H,13-14,18H2,1H3. The van der Waals surface area contributed by atoms with Crippen molar-refractivity contribution in [2.45, 2.75) is 19.1 Å². The number of hydrogen-bond donors (Lipinski definition) is 0. The molecule has 1 amide bonds. The maximum absolute atomic E-state index is 12.8. The van der Waals surface area contributed by atoms with Crippen LogP contribution in [0.5, 0.6) is 0 Å². The first-order valence-electron chi connectivity index (χ1n) is 11.3. The molecule has 2 heterocycles. The third-order valence-electron chi connectivity index (χ3n) is 6.38. The zero-order chi connectivity index (χ0) is 24.4. The predicted molar refractivity (Wildman–Crippen MR) is 131 cm³/mol. The summed E-state index contributed by atoms with van der Waals surface area (Å²) in [4.78, 5) is 38.6. The summed E-state index contributed by atoms with van der Waals surface area (Å²) < 4.78 is 11.9. The zero-order valence-corrected chi connectivity index (χ0v) is 19.2. The van der Waals surface area contributed by atoms with E-state index in [1.165, 1.54) is 16.6 Å². The van der Waals surface area contributed by atoms with Crippen LogP contribution in [0, 0.1) is 0 Å². The number of para-hydroxylation sites is 1. The van der Waals surface area contributed by atoms with Crippen LogP contribution in [-0.4, -0.2) is 41.6 Å². The molecule has 0 radical (unpaired) electrons. The van der Waals surface area contributed by atoms with E-state index in [-0.39, 0.29) is 6.61 Å². The number of methoxy groups -OCH3 is 1. The molecular weight excluding hydrogens is 444 g/mol. The van der Waals surface area contributed by atoms with E-state index in [4.69, 9.17) is 9.47 Å². The van der Waals surface area contributed by atoms with E-state index in [1.807, 2.05) is 72.8 Å². The Morgan fingerprint density at radius 1 is 1.00 bits per heavy atom. The molecular formula is C28H24N2O5. The highest BCUT2D eigenvalue weighted by Gasteiger charge is 2.32. The van der Waals surface area contributed by atoms with Gasteiger partial charge in [0, 0.05) is 23.7 Å². The first-order chi connectivity index (χ1) is 17.1. The topological polar surface area (TPSA) is 77.8 Å². The number of carbonyl (C=O) groups is 3. The number of ether oxygens (including phenoxy) is 2. The van der Waals surface area contributed by atoms with E-state index in [1.54, 1.807) is 6.20 Å². The van der Waals surface area contributed by atoms with E-state index >= 15 is 0 Å². The maximum atomic E-state index is 12.8. The first-order valence-corrected chi connectivity index (χ1v) is 11.3. The number of rotatable bonds is 4. The number of hydrogen-bond acceptors (Lipinski definition) is 5. The van der Waals surface area contributed by atoms with Gasteiger partial charge in [-0.2, -0.15) is 0 Å². The van der Waals surface area contributed by atoms with Crippen molar-refractivity contribution in [1.82, 2.24) is 9.47 Å². The Labute approximate surface area is 202 Å². The summed E-state index contributed by atoms with van der Waals surface area (Å²) >= 11 is 0. The minimum absolute atomic E-state index is 0.151. The van der Waals surface area contributed by atoms with Gasteiger partial charge in [-0.05, 0) is 34.7 Å². The van der Waals surface area contributed by atoms with Crippen molar-refractivity contribution in [1.29, 1.82) is 0 Å². The number of fused-ring (bicyclic) bond motifs is 2. The summed E-state index contributed by atoms with van der Waals surface area (Å²) in [6, 6.07) is 22.2. The van der Waals surface area contributed by atoms with Crippen LogP contribution < -0.4 is 0 Å². The quantitative estimate of drug-likeness (QED) is 0.377. The average molecular weight is 469 g/mol. The van der Waals surface area contributed by atoms with E-state index in [2.05, 4.69) is 0 Å². The predicted octanol–water partition coefficient (Wildman–Crippen LogP) is 5.36. The molecule has 5 rings (SSSR count). The molecule has 176 valence electrons. The fourth-order valence-electron chi connectivity index (χ4n) is 4.64. The normalized spacial score (nSPS) is 14.9. The van der Waals surface area contributed by atoms with Gasteiger partial charge in [0.2, 0.25) is 0 Å². The molecule has 1 aliphatic heterocycles. The number of aldehydes is 1. The van der Waals surface area contributed by atoms with Gasteiger partial charge in [-0.25, -0.2) is 9.59 Å². The number of aromatic nitrogens is 1. The Morgan fingerprint density at radius 2 is 1.77 bits per heavy atom. The summed E-state index contributed by atoms with van der Waals surface area (Å²) in [6.45, 7) is 0.523. The van der Waals surface area contributed by atoms with Gasteiger partial charge in [-0.15, -0.1) is 0 Å². The van der Waals surface area contributed by atoms with Gasteiger partial charge in [0.1, 0.15) is 18.9 Å². The number of nitrogens with zero attached hydrogens (tertiary/aromatic N) is 2. The molecule has 1 unspecified atom stereocenters. The third kappa shape index (κ3) is 4.17. The smallest absolute Gasteiger partial charge is 0.418 e. The molecule has 3 aromatic carbocycles. The van der Waals surface area contributed by atoms with Crippen LogP contribution >= 0.6 is 0 Å². The minimum atomic E-state index is -0.715. The molecule has 7 nitrogen and oxygen atoms in total.